The Balaban J connectivity index is 1.85. The Bertz CT molecular complexity index is 1270. The Kier molecular flexibility index (Phi) is 4.98. The summed E-state index contributed by atoms with van der Waals surface area (Å²) in [6.07, 6.45) is 1.75. The number of hydrogen-bond acceptors (Lipinski definition) is 2. The highest BCUT2D eigenvalue weighted by Gasteiger charge is 2.19. The van der Waals surface area contributed by atoms with Gasteiger partial charge in [-0.3, -0.25) is 9.20 Å². The number of amides is 1. The molecule has 0 unspecified atom stereocenters. The average Bonchev–Trinajstić information content (AvgIpc) is 3.06. The Hall–Kier alpha value is -2.96. The molecular weight excluding hydrogens is 419 g/mol. The number of pyridine rings is 1. The predicted octanol–water partition coefficient (Wildman–Crippen LogP) is 6.15. The maximum Gasteiger partial charge on any atom is 0.256 e. The van der Waals surface area contributed by atoms with E-state index >= 15 is 0 Å². The smallest absolute Gasteiger partial charge is 0.256 e. The van der Waals surface area contributed by atoms with Gasteiger partial charge in [0.1, 0.15) is 17.2 Å². The number of benzene rings is 2. The number of anilines is 1. The Morgan fingerprint density at radius 3 is 2.55 bits per heavy atom. The van der Waals surface area contributed by atoms with Crippen LogP contribution in [0.1, 0.15) is 15.9 Å². The van der Waals surface area contributed by atoms with Crippen LogP contribution in [0.25, 0.3) is 16.9 Å². The molecule has 0 bridgehead atoms. The van der Waals surface area contributed by atoms with Gasteiger partial charge in [0.2, 0.25) is 0 Å². The Morgan fingerprint density at radius 1 is 1.03 bits per heavy atom. The van der Waals surface area contributed by atoms with Crippen LogP contribution in [0.4, 0.5) is 14.6 Å². The molecule has 0 aliphatic carbocycles. The van der Waals surface area contributed by atoms with Crippen molar-refractivity contribution >= 4 is 40.6 Å². The lowest BCUT2D eigenvalue weighted by Gasteiger charge is -2.09. The second kappa shape index (κ2) is 7.46. The van der Waals surface area contributed by atoms with Crippen LogP contribution < -0.4 is 5.32 Å². The van der Waals surface area contributed by atoms with Gasteiger partial charge in [-0.15, -0.1) is 0 Å². The number of fused-ring (bicyclic) bond motifs is 1. The number of hydrogen-bond donors (Lipinski definition) is 1. The summed E-state index contributed by atoms with van der Waals surface area (Å²) in [4.78, 5) is 17.4. The molecule has 2 heterocycles. The van der Waals surface area contributed by atoms with Crippen molar-refractivity contribution in [3.63, 3.8) is 0 Å². The van der Waals surface area contributed by atoms with Gasteiger partial charge in [-0.25, -0.2) is 13.8 Å². The van der Waals surface area contributed by atoms with E-state index in [2.05, 4.69) is 10.3 Å². The molecule has 29 heavy (non-hydrogen) atoms. The van der Waals surface area contributed by atoms with Gasteiger partial charge < -0.3 is 5.32 Å². The van der Waals surface area contributed by atoms with Crippen molar-refractivity contribution in [3.8, 4) is 11.3 Å². The SMILES string of the molecule is Cc1cccn2c(NC(=O)c3ccc(F)c(F)c3)c(-c3ccc(Cl)c(Cl)c3)nc12. The third-order valence-electron chi connectivity index (χ3n) is 4.45. The molecule has 8 heteroatoms. The van der Waals surface area contributed by atoms with Gasteiger partial charge >= 0.3 is 0 Å². The summed E-state index contributed by atoms with van der Waals surface area (Å²) in [7, 11) is 0. The summed E-state index contributed by atoms with van der Waals surface area (Å²) >= 11 is 12.2. The van der Waals surface area contributed by atoms with Crippen LogP contribution in [-0.4, -0.2) is 15.3 Å². The first-order chi connectivity index (χ1) is 13.8. The van der Waals surface area contributed by atoms with Crippen LogP contribution in [0.15, 0.2) is 54.7 Å². The molecule has 0 fully saturated rings. The number of imidazole rings is 1. The number of nitrogens with one attached hydrogen (secondary N) is 1. The number of aryl methyl sites for hydroxylation is 1. The van der Waals surface area contributed by atoms with Crippen LogP contribution in [-0.2, 0) is 0 Å². The molecule has 0 saturated carbocycles. The fourth-order valence-corrected chi connectivity index (χ4v) is 3.28. The zero-order valence-electron chi connectivity index (χ0n) is 15.0. The molecular formula is C21H13Cl2F2N3O. The molecule has 0 saturated heterocycles. The average molecular weight is 432 g/mol. The highest BCUT2D eigenvalue weighted by Crippen LogP contribution is 2.34. The number of rotatable bonds is 3. The van der Waals surface area contributed by atoms with E-state index in [4.69, 9.17) is 23.2 Å². The zero-order valence-corrected chi connectivity index (χ0v) is 16.5. The van der Waals surface area contributed by atoms with Crippen LogP contribution in [0.2, 0.25) is 10.0 Å². The summed E-state index contributed by atoms with van der Waals surface area (Å²) in [5, 5.41) is 3.49. The molecule has 0 radical (unpaired) electrons. The molecule has 0 atom stereocenters. The summed E-state index contributed by atoms with van der Waals surface area (Å²) in [6, 6.07) is 11.7. The van der Waals surface area contributed by atoms with Gasteiger partial charge in [0.25, 0.3) is 5.91 Å². The quantitative estimate of drug-likeness (QED) is 0.422. The van der Waals surface area contributed by atoms with Crippen molar-refractivity contribution in [2.75, 3.05) is 5.32 Å². The molecule has 4 aromatic rings. The normalized spacial score (nSPS) is 11.1. The van der Waals surface area contributed by atoms with Crippen molar-refractivity contribution in [1.29, 1.82) is 0 Å². The van der Waals surface area contributed by atoms with E-state index in [1.165, 1.54) is 6.07 Å². The second-order valence-corrected chi connectivity index (χ2v) is 7.22. The largest absolute Gasteiger partial charge is 0.306 e. The van der Waals surface area contributed by atoms with Crippen molar-refractivity contribution in [2.45, 2.75) is 6.92 Å². The number of aromatic nitrogens is 2. The Labute approximate surface area is 174 Å². The monoisotopic (exact) mass is 431 g/mol. The summed E-state index contributed by atoms with van der Waals surface area (Å²) in [5.41, 5.74) is 2.61. The zero-order chi connectivity index (χ0) is 20.7. The van der Waals surface area contributed by atoms with E-state index in [9.17, 15) is 13.6 Å². The molecule has 4 rings (SSSR count). The number of halogens is 4. The molecule has 4 nitrogen and oxygen atoms in total. The van der Waals surface area contributed by atoms with Crippen LogP contribution in [0.5, 0.6) is 0 Å². The summed E-state index contributed by atoms with van der Waals surface area (Å²) in [6.45, 7) is 1.89. The predicted molar refractivity (Wildman–Crippen MR) is 110 cm³/mol. The highest BCUT2D eigenvalue weighted by atomic mass is 35.5. The molecule has 0 spiro atoms. The van der Waals surface area contributed by atoms with Gasteiger partial charge in [0.15, 0.2) is 11.6 Å². The van der Waals surface area contributed by atoms with Gasteiger partial charge in [0, 0.05) is 17.3 Å². The van der Waals surface area contributed by atoms with E-state index in [1.54, 1.807) is 28.8 Å². The molecule has 1 N–H and O–H groups in total. The van der Waals surface area contributed by atoms with Crippen molar-refractivity contribution in [2.24, 2.45) is 0 Å². The van der Waals surface area contributed by atoms with E-state index in [0.29, 0.717) is 32.8 Å². The number of carbonyl (C=O) groups is 1. The van der Waals surface area contributed by atoms with E-state index in [1.807, 2.05) is 19.1 Å². The maximum absolute atomic E-state index is 13.6. The first-order valence-corrected chi connectivity index (χ1v) is 9.30. The lowest BCUT2D eigenvalue weighted by molar-refractivity contribution is 0.102. The molecule has 2 aromatic heterocycles. The third kappa shape index (κ3) is 3.57. The molecule has 0 aliphatic heterocycles. The van der Waals surface area contributed by atoms with Gasteiger partial charge in [-0.2, -0.15) is 0 Å². The van der Waals surface area contributed by atoms with Gasteiger partial charge in [0.05, 0.1) is 10.0 Å². The fourth-order valence-electron chi connectivity index (χ4n) is 2.99. The first-order valence-electron chi connectivity index (χ1n) is 8.54. The van der Waals surface area contributed by atoms with Crippen LogP contribution in [0.3, 0.4) is 0 Å². The first kappa shape index (κ1) is 19.4. The fraction of sp³-hybridized carbons (Fsp3) is 0.0476. The highest BCUT2D eigenvalue weighted by molar-refractivity contribution is 6.42. The lowest BCUT2D eigenvalue weighted by Crippen LogP contribution is -2.14. The molecule has 2 aromatic carbocycles. The number of nitrogens with zero attached hydrogens (tertiary/aromatic N) is 2. The van der Waals surface area contributed by atoms with E-state index < -0.39 is 17.5 Å². The summed E-state index contributed by atoms with van der Waals surface area (Å²) in [5.74, 6) is -2.36. The lowest BCUT2D eigenvalue weighted by atomic mass is 10.1. The number of carbonyl (C=O) groups excluding carboxylic acids is 1. The van der Waals surface area contributed by atoms with Crippen LogP contribution >= 0.6 is 23.2 Å². The van der Waals surface area contributed by atoms with Crippen LogP contribution in [0, 0.1) is 18.6 Å². The van der Waals surface area contributed by atoms with Crippen molar-refractivity contribution in [1.82, 2.24) is 9.38 Å². The molecule has 0 aliphatic rings. The third-order valence-corrected chi connectivity index (χ3v) is 5.19. The standard InChI is InChI=1S/C21H13Cl2F2N3O/c1-11-3-2-8-28-19(11)26-18(12-4-6-14(22)15(23)9-12)20(28)27-21(29)13-5-7-16(24)17(25)10-13/h2-10H,1H3,(H,27,29). The maximum atomic E-state index is 13.6. The van der Waals surface area contributed by atoms with Crippen molar-refractivity contribution in [3.05, 3.63) is 87.5 Å². The minimum Gasteiger partial charge on any atom is -0.306 e. The van der Waals surface area contributed by atoms with Crippen molar-refractivity contribution < 1.29 is 13.6 Å². The van der Waals surface area contributed by atoms with E-state index in [-0.39, 0.29) is 5.56 Å². The minimum atomic E-state index is -1.10. The van der Waals surface area contributed by atoms with Gasteiger partial charge in [-0.05, 0) is 48.9 Å². The minimum absolute atomic E-state index is 0.0217. The molecule has 1 amide bonds. The second-order valence-electron chi connectivity index (χ2n) is 6.41. The van der Waals surface area contributed by atoms with E-state index in [0.717, 1.165) is 17.7 Å². The van der Waals surface area contributed by atoms with Gasteiger partial charge in [-0.1, -0.05) is 35.3 Å². The summed E-state index contributed by atoms with van der Waals surface area (Å²) < 4.78 is 28.5. The topological polar surface area (TPSA) is 46.4 Å². The molecule has 146 valence electrons. The Morgan fingerprint density at radius 2 is 1.83 bits per heavy atom.